The minimum atomic E-state index is 0.00170. The number of piperidine rings is 1. The Morgan fingerprint density at radius 2 is 2.15 bits per heavy atom. The SMILES string of the molecule is CC(=O)NCC1CCN(c2c(Cl)cccc2CO)CC1. The zero-order valence-electron chi connectivity index (χ0n) is 11.7. The molecule has 0 aliphatic carbocycles. The molecule has 2 N–H and O–H groups in total. The molecule has 0 spiro atoms. The largest absolute Gasteiger partial charge is 0.392 e. The van der Waals surface area contributed by atoms with Crippen LogP contribution in [0.4, 0.5) is 5.69 Å². The first-order valence-corrected chi connectivity index (χ1v) is 7.37. The third-order valence-electron chi connectivity index (χ3n) is 3.81. The second kappa shape index (κ2) is 6.95. The maximum absolute atomic E-state index is 10.9. The smallest absolute Gasteiger partial charge is 0.216 e. The van der Waals surface area contributed by atoms with E-state index >= 15 is 0 Å². The molecule has 1 saturated heterocycles. The molecule has 20 heavy (non-hydrogen) atoms. The van der Waals surface area contributed by atoms with Crippen LogP contribution in [0.3, 0.4) is 0 Å². The Balaban J connectivity index is 1.99. The minimum absolute atomic E-state index is 0.00170. The Morgan fingerprint density at radius 3 is 2.75 bits per heavy atom. The third-order valence-corrected chi connectivity index (χ3v) is 4.12. The van der Waals surface area contributed by atoms with Crippen LogP contribution in [0, 0.1) is 5.92 Å². The molecule has 4 nitrogen and oxygen atoms in total. The van der Waals surface area contributed by atoms with Crippen molar-refractivity contribution >= 4 is 23.2 Å². The first-order valence-electron chi connectivity index (χ1n) is 6.99. The Labute approximate surface area is 124 Å². The number of aliphatic hydroxyl groups is 1. The zero-order chi connectivity index (χ0) is 14.5. The molecule has 2 rings (SSSR count). The molecule has 0 saturated carbocycles. The van der Waals surface area contributed by atoms with Gasteiger partial charge in [0.2, 0.25) is 5.91 Å². The summed E-state index contributed by atoms with van der Waals surface area (Å²) < 4.78 is 0. The summed E-state index contributed by atoms with van der Waals surface area (Å²) in [5, 5.41) is 13.0. The maximum Gasteiger partial charge on any atom is 0.216 e. The van der Waals surface area contributed by atoms with E-state index < -0.39 is 0 Å². The van der Waals surface area contributed by atoms with Crippen molar-refractivity contribution in [3.8, 4) is 0 Å². The molecule has 1 fully saturated rings. The van der Waals surface area contributed by atoms with E-state index in [1.165, 1.54) is 0 Å². The zero-order valence-corrected chi connectivity index (χ0v) is 12.5. The quantitative estimate of drug-likeness (QED) is 0.895. The van der Waals surface area contributed by atoms with Gasteiger partial charge in [0.1, 0.15) is 0 Å². The second-order valence-corrected chi connectivity index (χ2v) is 5.68. The van der Waals surface area contributed by atoms with E-state index in [1.807, 2.05) is 18.2 Å². The molecule has 5 heteroatoms. The highest BCUT2D eigenvalue weighted by Gasteiger charge is 2.22. The highest BCUT2D eigenvalue weighted by molar-refractivity contribution is 6.33. The summed E-state index contributed by atoms with van der Waals surface area (Å²) in [5.41, 5.74) is 1.83. The van der Waals surface area contributed by atoms with Crippen LogP contribution in [0.1, 0.15) is 25.3 Å². The number of benzene rings is 1. The number of nitrogens with zero attached hydrogens (tertiary/aromatic N) is 1. The van der Waals surface area contributed by atoms with Crippen molar-refractivity contribution in [3.05, 3.63) is 28.8 Å². The highest BCUT2D eigenvalue weighted by atomic mass is 35.5. The molecule has 0 bridgehead atoms. The van der Waals surface area contributed by atoms with E-state index in [2.05, 4.69) is 10.2 Å². The van der Waals surface area contributed by atoms with Crippen LogP contribution in [-0.4, -0.2) is 30.6 Å². The lowest BCUT2D eigenvalue weighted by atomic mass is 9.96. The standard InChI is InChI=1S/C15H21ClN2O2/c1-11(20)17-9-12-5-7-18(8-6-12)15-13(10-19)3-2-4-14(15)16/h2-4,12,19H,5-10H2,1H3,(H,17,20). The normalized spacial score (nSPS) is 16.2. The molecular formula is C15H21ClN2O2. The van der Waals surface area contributed by atoms with Crippen LogP contribution in [0.5, 0.6) is 0 Å². The van der Waals surface area contributed by atoms with Gasteiger partial charge in [0.25, 0.3) is 0 Å². The van der Waals surface area contributed by atoms with E-state index in [4.69, 9.17) is 11.6 Å². The highest BCUT2D eigenvalue weighted by Crippen LogP contribution is 2.32. The predicted octanol–water partition coefficient (Wildman–Crippen LogP) is 2.18. The molecule has 1 aliphatic heterocycles. The van der Waals surface area contributed by atoms with Crippen molar-refractivity contribution in [3.63, 3.8) is 0 Å². The van der Waals surface area contributed by atoms with Gasteiger partial charge in [-0.25, -0.2) is 0 Å². The molecule has 1 heterocycles. The van der Waals surface area contributed by atoms with Crippen LogP contribution in [0.2, 0.25) is 5.02 Å². The minimum Gasteiger partial charge on any atom is -0.392 e. The first-order chi connectivity index (χ1) is 9.61. The molecule has 1 aliphatic rings. The predicted molar refractivity (Wildman–Crippen MR) is 81.0 cm³/mol. The van der Waals surface area contributed by atoms with E-state index in [0.29, 0.717) is 10.9 Å². The Kier molecular flexibility index (Phi) is 5.26. The fourth-order valence-electron chi connectivity index (χ4n) is 2.69. The Bertz CT molecular complexity index is 471. The van der Waals surface area contributed by atoms with Crippen LogP contribution in [0.15, 0.2) is 18.2 Å². The van der Waals surface area contributed by atoms with E-state index in [-0.39, 0.29) is 12.5 Å². The molecular weight excluding hydrogens is 276 g/mol. The van der Waals surface area contributed by atoms with Gasteiger partial charge in [0, 0.05) is 32.1 Å². The van der Waals surface area contributed by atoms with Gasteiger partial charge < -0.3 is 15.3 Å². The Hall–Kier alpha value is -1.26. The summed E-state index contributed by atoms with van der Waals surface area (Å²) in [4.78, 5) is 13.2. The summed E-state index contributed by atoms with van der Waals surface area (Å²) in [5.74, 6) is 0.552. The number of carbonyl (C=O) groups excluding carboxylic acids is 1. The number of carbonyl (C=O) groups is 1. The number of anilines is 1. The van der Waals surface area contributed by atoms with Crippen molar-refractivity contribution in [1.29, 1.82) is 0 Å². The number of halogens is 1. The van der Waals surface area contributed by atoms with Crippen LogP contribution in [0.25, 0.3) is 0 Å². The lowest BCUT2D eigenvalue weighted by molar-refractivity contribution is -0.119. The van der Waals surface area contributed by atoms with Gasteiger partial charge in [0.05, 0.1) is 17.3 Å². The molecule has 1 aromatic carbocycles. The summed E-state index contributed by atoms with van der Waals surface area (Å²) in [6, 6.07) is 5.63. The Morgan fingerprint density at radius 1 is 1.45 bits per heavy atom. The topological polar surface area (TPSA) is 52.6 Å². The van der Waals surface area contributed by atoms with E-state index in [9.17, 15) is 9.90 Å². The summed E-state index contributed by atoms with van der Waals surface area (Å²) in [6.07, 6.45) is 2.05. The molecule has 110 valence electrons. The van der Waals surface area contributed by atoms with E-state index in [1.54, 1.807) is 6.92 Å². The second-order valence-electron chi connectivity index (χ2n) is 5.27. The van der Waals surface area contributed by atoms with Crippen molar-refractivity contribution in [1.82, 2.24) is 5.32 Å². The number of rotatable bonds is 4. The van der Waals surface area contributed by atoms with Gasteiger partial charge >= 0.3 is 0 Å². The summed E-state index contributed by atoms with van der Waals surface area (Å²) >= 11 is 6.27. The number of amides is 1. The number of para-hydroxylation sites is 1. The van der Waals surface area contributed by atoms with Crippen molar-refractivity contribution in [2.75, 3.05) is 24.5 Å². The third kappa shape index (κ3) is 3.64. The van der Waals surface area contributed by atoms with E-state index in [0.717, 1.165) is 43.7 Å². The molecule has 1 aromatic rings. The van der Waals surface area contributed by atoms with Crippen molar-refractivity contribution < 1.29 is 9.90 Å². The number of nitrogens with one attached hydrogen (secondary N) is 1. The average molecular weight is 297 g/mol. The lowest BCUT2D eigenvalue weighted by Crippen LogP contribution is -2.38. The monoisotopic (exact) mass is 296 g/mol. The van der Waals surface area contributed by atoms with Gasteiger partial charge in [0.15, 0.2) is 0 Å². The molecule has 0 aromatic heterocycles. The average Bonchev–Trinajstić information content (AvgIpc) is 2.45. The van der Waals surface area contributed by atoms with Crippen LogP contribution < -0.4 is 10.2 Å². The summed E-state index contributed by atoms with van der Waals surface area (Å²) in [7, 11) is 0. The van der Waals surface area contributed by atoms with Crippen LogP contribution >= 0.6 is 11.6 Å². The number of hydrogen-bond acceptors (Lipinski definition) is 3. The van der Waals surface area contributed by atoms with Gasteiger partial charge in [-0.05, 0) is 24.8 Å². The molecule has 0 atom stereocenters. The van der Waals surface area contributed by atoms with Gasteiger partial charge in [-0.3, -0.25) is 4.79 Å². The molecule has 0 radical (unpaired) electrons. The van der Waals surface area contributed by atoms with Gasteiger partial charge in [-0.15, -0.1) is 0 Å². The van der Waals surface area contributed by atoms with Crippen molar-refractivity contribution in [2.45, 2.75) is 26.4 Å². The van der Waals surface area contributed by atoms with Crippen molar-refractivity contribution in [2.24, 2.45) is 5.92 Å². The fourth-order valence-corrected chi connectivity index (χ4v) is 3.00. The molecule has 1 amide bonds. The number of aliphatic hydroxyl groups excluding tert-OH is 1. The van der Waals surface area contributed by atoms with Crippen LogP contribution in [-0.2, 0) is 11.4 Å². The number of hydrogen-bond donors (Lipinski definition) is 2. The van der Waals surface area contributed by atoms with Gasteiger partial charge in [-0.2, -0.15) is 0 Å². The molecule has 0 unspecified atom stereocenters. The maximum atomic E-state index is 10.9. The first kappa shape index (κ1) is 15.1. The fraction of sp³-hybridized carbons (Fsp3) is 0.533. The lowest BCUT2D eigenvalue weighted by Gasteiger charge is -2.35. The van der Waals surface area contributed by atoms with Gasteiger partial charge in [-0.1, -0.05) is 23.7 Å². The summed E-state index contributed by atoms with van der Waals surface area (Å²) in [6.45, 7) is 4.11.